The lowest BCUT2D eigenvalue weighted by molar-refractivity contribution is -0.385. The van der Waals surface area contributed by atoms with Crippen molar-refractivity contribution in [2.45, 2.75) is 39.4 Å². The number of amides is 1. The first kappa shape index (κ1) is 26.8. The number of benzene rings is 1. The Kier molecular flexibility index (Phi) is 7.20. The molecule has 0 unspecified atom stereocenters. The summed E-state index contributed by atoms with van der Waals surface area (Å²) in [7, 11) is 1.48. The fourth-order valence-electron chi connectivity index (χ4n) is 4.28. The smallest absolute Gasteiger partial charge is 0.416 e. The van der Waals surface area contributed by atoms with Gasteiger partial charge in [0.2, 0.25) is 11.8 Å². The molecule has 1 aliphatic heterocycles. The highest BCUT2D eigenvalue weighted by Crippen LogP contribution is 2.37. The van der Waals surface area contributed by atoms with E-state index in [2.05, 4.69) is 20.3 Å². The van der Waals surface area contributed by atoms with Crippen LogP contribution in [-0.4, -0.2) is 50.9 Å². The summed E-state index contributed by atoms with van der Waals surface area (Å²) in [5.41, 5.74) is 0.200. The maximum absolute atomic E-state index is 13.4. The van der Waals surface area contributed by atoms with Crippen molar-refractivity contribution >= 4 is 34.0 Å². The normalized spacial score (nSPS) is 14.7. The van der Waals surface area contributed by atoms with Crippen LogP contribution in [0.3, 0.4) is 0 Å². The van der Waals surface area contributed by atoms with E-state index in [0.29, 0.717) is 59.7 Å². The van der Waals surface area contributed by atoms with Gasteiger partial charge in [0, 0.05) is 37.7 Å². The second-order valence-electron chi connectivity index (χ2n) is 8.91. The van der Waals surface area contributed by atoms with Gasteiger partial charge in [-0.1, -0.05) is 6.08 Å². The molecule has 1 atom stereocenters. The minimum Gasteiger partial charge on any atom is -0.481 e. The molecular weight excluding hydrogens is 505 g/mol. The van der Waals surface area contributed by atoms with Crippen LogP contribution < -0.4 is 10.1 Å². The molecule has 0 radical (unpaired) electrons. The molecule has 0 spiro atoms. The summed E-state index contributed by atoms with van der Waals surface area (Å²) in [6.45, 7) is 5.71. The van der Waals surface area contributed by atoms with Crippen molar-refractivity contribution in [1.29, 1.82) is 0 Å². The largest absolute Gasteiger partial charge is 0.481 e. The van der Waals surface area contributed by atoms with E-state index in [1.54, 1.807) is 24.8 Å². The Morgan fingerprint density at radius 2 is 1.95 bits per heavy atom. The van der Waals surface area contributed by atoms with E-state index in [0.717, 1.165) is 17.7 Å². The fourth-order valence-corrected chi connectivity index (χ4v) is 4.28. The van der Waals surface area contributed by atoms with Gasteiger partial charge in [-0.15, -0.1) is 0 Å². The van der Waals surface area contributed by atoms with Crippen molar-refractivity contribution < 1.29 is 27.6 Å². The van der Waals surface area contributed by atoms with Crippen molar-refractivity contribution in [3.05, 3.63) is 63.0 Å². The second-order valence-corrected chi connectivity index (χ2v) is 8.91. The van der Waals surface area contributed by atoms with E-state index in [1.165, 1.54) is 14.0 Å². The number of nitrogens with zero attached hydrogens (tertiary/aromatic N) is 5. The summed E-state index contributed by atoms with van der Waals surface area (Å²) >= 11 is 0. The Morgan fingerprint density at radius 3 is 2.53 bits per heavy atom. The molecule has 1 aromatic carbocycles. The van der Waals surface area contributed by atoms with Crippen molar-refractivity contribution in [1.82, 2.24) is 19.9 Å². The van der Waals surface area contributed by atoms with Crippen molar-refractivity contribution in [2.75, 3.05) is 25.5 Å². The molecule has 10 nitrogen and oxygen atoms in total. The standard InChI is InChI=1S/C25H25F3N6O4/c1-13(17-9-18(25(26,27)28)11-19(10-17)34(36)37)29-22-21-12-20(16-5-7-33(8-6-16)15(3)35)24(38-4)32-23(21)31-14(2)30-22/h5,9-13H,6-8H2,1-4H3,(H,29,30,31,32)/t13-/m1/s1. The number of aryl methyl sites for hydroxylation is 1. The molecule has 0 fully saturated rings. The molecule has 4 rings (SSSR count). The third kappa shape index (κ3) is 5.50. The zero-order valence-corrected chi connectivity index (χ0v) is 21.1. The highest BCUT2D eigenvalue weighted by molar-refractivity contribution is 5.91. The topological polar surface area (TPSA) is 123 Å². The Balaban J connectivity index is 1.77. The number of halogens is 3. The van der Waals surface area contributed by atoms with Crippen LogP contribution >= 0.6 is 0 Å². The number of carbonyl (C=O) groups excluding carboxylic acids is 1. The summed E-state index contributed by atoms with van der Waals surface area (Å²) in [6, 6.07) is 3.50. The third-order valence-electron chi connectivity index (χ3n) is 6.29. The Hall–Kier alpha value is -4.29. The first-order chi connectivity index (χ1) is 17.9. The molecule has 2 aromatic heterocycles. The number of nitro benzene ring substituents is 1. The highest BCUT2D eigenvalue weighted by Gasteiger charge is 2.33. The summed E-state index contributed by atoms with van der Waals surface area (Å²) in [5.74, 6) is 0.977. The van der Waals surface area contributed by atoms with E-state index in [1.807, 2.05) is 6.08 Å². The molecule has 1 N–H and O–H groups in total. The predicted molar refractivity (Wildman–Crippen MR) is 134 cm³/mol. The second kappa shape index (κ2) is 10.2. The van der Waals surface area contributed by atoms with Gasteiger partial charge in [-0.2, -0.15) is 18.2 Å². The first-order valence-corrected chi connectivity index (χ1v) is 11.7. The molecule has 0 saturated heterocycles. The number of rotatable bonds is 6. The van der Waals surface area contributed by atoms with E-state index >= 15 is 0 Å². The highest BCUT2D eigenvalue weighted by atomic mass is 19.4. The lowest BCUT2D eigenvalue weighted by Gasteiger charge is -2.26. The lowest BCUT2D eigenvalue weighted by Crippen LogP contribution is -2.32. The average Bonchev–Trinajstić information content (AvgIpc) is 2.87. The molecule has 1 amide bonds. The number of nitro groups is 1. The van der Waals surface area contributed by atoms with E-state index in [4.69, 9.17) is 4.74 Å². The number of pyridine rings is 1. The van der Waals surface area contributed by atoms with Crippen LogP contribution in [0.2, 0.25) is 0 Å². The zero-order chi connectivity index (χ0) is 27.8. The lowest BCUT2D eigenvalue weighted by atomic mass is 9.99. The number of alkyl halides is 3. The van der Waals surface area contributed by atoms with Gasteiger partial charge in [0.05, 0.1) is 29.0 Å². The fraction of sp³-hybridized carbons (Fsp3) is 0.360. The minimum absolute atomic E-state index is 0.0249. The van der Waals surface area contributed by atoms with Gasteiger partial charge >= 0.3 is 6.18 Å². The number of ether oxygens (including phenoxy) is 1. The molecule has 1 aliphatic rings. The molecule has 0 aliphatic carbocycles. The maximum atomic E-state index is 13.4. The Morgan fingerprint density at radius 1 is 1.21 bits per heavy atom. The van der Waals surface area contributed by atoms with Gasteiger partial charge in [-0.05, 0) is 43.5 Å². The number of non-ortho nitro benzene ring substituents is 1. The average molecular weight is 531 g/mol. The SMILES string of the molecule is COc1nc2nc(C)nc(N[C@H](C)c3cc([N+](=O)[O-])cc(C(F)(F)F)c3)c2cc1C1=CCN(C(C)=O)CC1. The van der Waals surface area contributed by atoms with Crippen LogP contribution in [0.4, 0.5) is 24.7 Å². The molecule has 3 heterocycles. The van der Waals surface area contributed by atoms with Crippen LogP contribution in [0.25, 0.3) is 16.6 Å². The minimum atomic E-state index is -4.75. The maximum Gasteiger partial charge on any atom is 0.416 e. The summed E-state index contributed by atoms with van der Waals surface area (Å²) in [5, 5.41) is 14.9. The van der Waals surface area contributed by atoms with Gasteiger partial charge in [0.25, 0.3) is 5.69 Å². The van der Waals surface area contributed by atoms with Gasteiger partial charge in [0.15, 0.2) is 5.65 Å². The van der Waals surface area contributed by atoms with Crippen LogP contribution in [0.1, 0.15) is 48.8 Å². The molecule has 38 heavy (non-hydrogen) atoms. The number of methoxy groups -OCH3 is 1. The van der Waals surface area contributed by atoms with Crippen LogP contribution in [0.5, 0.6) is 5.88 Å². The number of aromatic nitrogens is 3. The van der Waals surface area contributed by atoms with Crippen molar-refractivity contribution in [3.63, 3.8) is 0 Å². The third-order valence-corrected chi connectivity index (χ3v) is 6.29. The number of hydrogen-bond donors (Lipinski definition) is 1. The van der Waals surface area contributed by atoms with Gasteiger partial charge in [-0.25, -0.2) is 9.97 Å². The van der Waals surface area contributed by atoms with Gasteiger partial charge in [-0.3, -0.25) is 14.9 Å². The molecule has 0 saturated carbocycles. The monoisotopic (exact) mass is 530 g/mol. The van der Waals surface area contributed by atoms with E-state index in [9.17, 15) is 28.1 Å². The van der Waals surface area contributed by atoms with Crippen LogP contribution in [0, 0.1) is 17.0 Å². The molecular formula is C25H25F3N6O4. The Bertz CT molecular complexity index is 1460. The molecule has 3 aromatic rings. The number of hydrogen-bond acceptors (Lipinski definition) is 8. The van der Waals surface area contributed by atoms with Gasteiger partial charge < -0.3 is 15.0 Å². The van der Waals surface area contributed by atoms with E-state index < -0.39 is 28.4 Å². The summed E-state index contributed by atoms with van der Waals surface area (Å²) < 4.78 is 45.7. The van der Waals surface area contributed by atoms with Crippen molar-refractivity contribution in [3.8, 4) is 5.88 Å². The molecule has 13 heteroatoms. The first-order valence-electron chi connectivity index (χ1n) is 11.7. The van der Waals surface area contributed by atoms with Crippen molar-refractivity contribution in [2.24, 2.45) is 0 Å². The summed E-state index contributed by atoms with van der Waals surface area (Å²) in [4.78, 5) is 37.2. The number of nitrogens with one attached hydrogen (secondary N) is 1. The van der Waals surface area contributed by atoms with Crippen LogP contribution in [0.15, 0.2) is 30.3 Å². The number of carbonyl (C=O) groups is 1. The molecule has 200 valence electrons. The molecule has 0 bridgehead atoms. The number of anilines is 1. The summed E-state index contributed by atoms with van der Waals surface area (Å²) in [6.07, 6.45) is -2.26. The van der Waals surface area contributed by atoms with Gasteiger partial charge in [0.1, 0.15) is 11.6 Å². The zero-order valence-electron chi connectivity index (χ0n) is 21.1. The number of fused-ring (bicyclic) bond motifs is 1. The van der Waals surface area contributed by atoms with Crippen LogP contribution in [-0.2, 0) is 11.0 Å². The predicted octanol–water partition coefficient (Wildman–Crippen LogP) is 5.08. The van der Waals surface area contributed by atoms with E-state index in [-0.39, 0.29) is 11.5 Å². The Labute approximate surface area is 215 Å². The quantitative estimate of drug-likeness (QED) is 0.346.